The summed E-state index contributed by atoms with van der Waals surface area (Å²) in [5.74, 6) is 6.62. The maximum Gasteiger partial charge on any atom is 0.260 e. The first-order valence-corrected chi connectivity index (χ1v) is 14.6. The number of benzene rings is 4. The molecule has 38 heavy (non-hydrogen) atoms. The average molecular weight is 496 g/mol. The van der Waals surface area contributed by atoms with Crippen molar-refractivity contribution in [1.82, 2.24) is 0 Å². The van der Waals surface area contributed by atoms with Crippen LogP contribution in [0, 0.1) is 17.8 Å². The van der Waals surface area contributed by atoms with E-state index >= 15 is 0 Å². The highest BCUT2D eigenvalue weighted by Crippen LogP contribution is 2.45. The monoisotopic (exact) mass is 496 g/mol. The first-order valence-electron chi connectivity index (χ1n) is 14.6. The van der Waals surface area contributed by atoms with E-state index in [0.717, 1.165) is 52.6 Å². The SMILES string of the molecule is c1ccc(-c2cccc3c2Oc2cccc4c2B3c2ccccc2O4)c(CCC2CC3CCCC(C3)C2)c1. The third-order valence-corrected chi connectivity index (χ3v) is 9.69. The van der Waals surface area contributed by atoms with Crippen LogP contribution in [-0.4, -0.2) is 6.71 Å². The van der Waals surface area contributed by atoms with Gasteiger partial charge in [-0.2, -0.15) is 0 Å². The molecule has 2 bridgehead atoms. The normalized spacial score (nSPS) is 22.4. The van der Waals surface area contributed by atoms with Crippen LogP contribution >= 0.6 is 0 Å². The van der Waals surface area contributed by atoms with E-state index in [2.05, 4.69) is 78.9 Å². The van der Waals surface area contributed by atoms with Gasteiger partial charge in [-0.3, -0.25) is 0 Å². The zero-order valence-corrected chi connectivity index (χ0v) is 21.9. The fourth-order valence-corrected chi connectivity index (χ4v) is 8.08. The molecule has 3 heteroatoms. The van der Waals surface area contributed by atoms with E-state index in [1.807, 2.05) is 6.07 Å². The minimum atomic E-state index is 0.115. The lowest BCUT2D eigenvalue weighted by atomic mass is 9.34. The predicted molar refractivity (Wildman–Crippen MR) is 156 cm³/mol. The number of ether oxygens (including phenoxy) is 2. The molecule has 4 aromatic rings. The molecular weight excluding hydrogens is 463 g/mol. The van der Waals surface area contributed by atoms with E-state index in [1.54, 1.807) is 0 Å². The molecule has 2 nitrogen and oxygen atoms in total. The van der Waals surface area contributed by atoms with Crippen LogP contribution in [0.5, 0.6) is 23.0 Å². The van der Waals surface area contributed by atoms with Gasteiger partial charge < -0.3 is 9.47 Å². The van der Waals surface area contributed by atoms with E-state index in [4.69, 9.17) is 9.47 Å². The average Bonchev–Trinajstić information content (AvgIpc) is 2.96. The Morgan fingerprint density at radius 1 is 0.632 bits per heavy atom. The summed E-state index contributed by atoms with van der Waals surface area (Å²) in [6, 6.07) is 30.4. The third-order valence-electron chi connectivity index (χ3n) is 9.69. The summed E-state index contributed by atoms with van der Waals surface area (Å²) >= 11 is 0. The lowest BCUT2D eigenvalue weighted by molar-refractivity contribution is 0.132. The van der Waals surface area contributed by atoms with Gasteiger partial charge in [0.05, 0.1) is 0 Å². The minimum Gasteiger partial charge on any atom is -0.458 e. The number of para-hydroxylation sites is 2. The Morgan fingerprint density at radius 3 is 2.21 bits per heavy atom. The second kappa shape index (κ2) is 9.08. The van der Waals surface area contributed by atoms with Gasteiger partial charge in [-0.1, -0.05) is 86.0 Å². The number of hydrogen-bond acceptors (Lipinski definition) is 2. The van der Waals surface area contributed by atoms with Crippen molar-refractivity contribution in [2.45, 2.75) is 51.4 Å². The second-order valence-corrected chi connectivity index (χ2v) is 12.0. The van der Waals surface area contributed by atoms with Crippen LogP contribution < -0.4 is 25.9 Å². The van der Waals surface area contributed by atoms with Crippen molar-refractivity contribution in [2.24, 2.45) is 17.8 Å². The topological polar surface area (TPSA) is 18.5 Å². The molecule has 2 saturated carbocycles. The van der Waals surface area contributed by atoms with Gasteiger partial charge in [0.1, 0.15) is 23.0 Å². The molecule has 4 aromatic carbocycles. The second-order valence-electron chi connectivity index (χ2n) is 12.0. The van der Waals surface area contributed by atoms with Gasteiger partial charge in [-0.05, 0) is 90.1 Å². The quantitative estimate of drug-likeness (QED) is 0.240. The van der Waals surface area contributed by atoms with Gasteiger partial charge in [0.15, 0.2) is 0 Å². The lowest BCUT2D eigenvalue weighted by Crippen LogP contribution is -2.57. The van der Waals surface area contributed by atoms with Crippen LogP contribution in [0.1, 0.15) is 50.5 Å². The van der Waals surface area contributed by atoms with E-state index in [1.165, 1.54) is 72.6 Å². The van der Waals surface area contributed by atoms with Crippen molar-refractivity contribution in [3.63, 3.8) is 0 Å². The Labute approximate surface area is 226 Å². The van der Waals surface area contributed by atoms with Crippen LogP contribution in [0.15, 0.2) is 84.9 Å². The summed E-state index contributed by atoms with van der Waals surface area (Å²) in [7, 11) is 0. The molecule has 188 valence electrons. The van der Waals surface area contributed by atoms with Crippen LogP contribution in [-0.2, 0) is 6.42 Å². The van der Waals surface area contributed by atoms with Gasteiger partial charge in [0, 0.05) is 11.0 Å². The summed E-state index contributed by atoms with van der Waals surface area (Å²) in [4.78, 5) is 0. The molecule has 0 radical (unpaired) electrons. The zero-order valence-electron chi connectivity index (χ0n) is 21.9. The minimum absolute atomic E-state index is 0.115. The molecule has 4 aliphatic rings. The molecule has 0 N–H and O–H groups in total. The molecule has 0 spiro atoms. The number of aryl methyl sites for hydroxylation is 1. The summed E-state index contributed by atoms with van der Waals surface area (Å²) in [6.07, 6.45) is 11.2. The molecule has 8 rings (SSSR count). The number of fused-ring (bicyclic) bond motifs is 6. The van der Waals surface area contributed by atoms with Crippen molar-refractivity contribution in [2.75, 3.05) is 0 Å². The molecule has 2 atom stereocenters. The summed E-state index contributed by atoms with van der Waals surface area (Å²) in [6.45, 7) is 0.115. The van der Waals surface area contributed by atoms with Crippen molar-refractivity contribution in [3.8, 4) is 34.1 Å². The van der Waals surface area contributed by atoms with Crippen molar-refractivity contribution < 1.29 is 9.47 Å². The Balaban J connectivity index is 1.17. The van der Waals surface area contributed by atoms with E-state index < -0.39 is 0 Å². The van der Waals surface area contributed by atoms with Crippen LogP contribution in [0.3, 0.4) is 0 Å². The molecule has 2 aliphatic carbocycles. The van der Waals surface area contributed by atoms with E-state index in [9.17, 15) is 0 Å². The molecule has 0 aromatic heterocycles. The van der Waals surface area contributed by atoms with Gasteiger partial charge in [0.25, 0.3) is 6.71 Å². The summed E-state index contributed by atoms with van der Waals surface area (Å²) < 4.78 is 13.1. The molecule has 2 fully saturated rings. The third kappa shape index (κ3) is 3.70. The van der Waals surface area contributed by atoms with Crippen LogP contribution in [0.25, 0.3) is 11.1 Å². The summed E-state index contributed by atoms with van der Waals surface area (Å²) in [5.41, 5.74) is 7.57. The summed E-state index contributed by atoms with van der Waals surface area (Å²) in [5, 5.41) is 0. The fraction of sp³-hybridized carbons (Fsp3) is 0.314. The van der Waals surface area contributed by atoms with Gasteiger partial charge in [-0.25, -0.2) is 0 Å². The Hall–Kier alpha value is -3.46. The largest absolute Gasteiger partial charge is 0.458 e. The van der Waals surface area contributed by atoms with Gasteiger partial charge in [0.2, 0.25) is 0 Å². The predicted octanol–water partition coefficient (Wildman–Crippen LogP) is 7.23. The molecule has 2 unspecified atom stereocenters. The molecule has 0 amide bonds. The Kier molecular flexibility index (Phi) is 5.38. The van der Waals surface area contributed by atoms with Crippen molar-refractivity contribution in [1.29, 1.82) is 0 Å². The maximum absolute atomic E-state index is 6.74. The highest BCUT2D eigenvalue weighted by atomic mass is 16.5. The molecular formula is C35H33BO2. The van der Waals surface area contributed by atoms with E-state index in [-0.39, 0.29) is 6.71 Å². The van der Waals surface area contributed by atoms with Crippen LogP contribution in [0.4, 0.5) is 0 Å². The van der Waals surface area contributed by atoms with Crippen molar-refractivity contribution >= 4 is 23.1 Å². The highest BCUT2D eigenvalue weighted by molar-refractivity contribution is 6.98. The number of hydrogen-bond donors (Lipinski definition) is 0. The molecule has 2 heterocycles. The van der Waals surface area contributed by atoms with Crippen molar-refractivity contribution in [3.05, 3.63) is 90.5 Å². The smallest absolute Gasteiger partial charge is 0.260 e. The van der Waals surface area contributed by atoms with Crippen LogP contribution in [0.2, 0.25) is 0 Å². The van der Waals surface area contributed by atoms with Gasteiger partial charge >= 0.3 is 0 Å². The Morgan fingerprint density at radius 2 is 1.32 bits per heavy atom. The maximum atomic E-state index is 6.74. The first kappa shape index (κ1) is 22.5. The highest BCUT2D eigenvalue weighted by Gasteiger charge is 2.40. The molecule has 0 saturated heterocycles. The van der Waals surface area contributed by atoms with E-state index in [0.29, 0.717) is 0 Å². The first-order chi connectivity index (χ1) is 18.8. The van der Waals surface area contributed by atoms with Gasteiger partial charge in [-0.15, -0.1) is 0 Å². The standard InChI is InChI=1S/C35H33BO2/c1-2-11-27(26(10-1)19-18-25-21-23-8-5-9-24(20-23)22-25)28-12-6-14-30-35(28)38-33-17-7-16-32-34(33)36(30)29-13-3-4-15-31(29)37-32/h1-4,6-7,10-17,23-25H,5,8-9,18-22H2. The molecule has 2 aliphatic heterocycles. The zero-order chi connectivity index (χ0) is 25.1. The fourth-order valence-electron chi connectivity index (χ4n) is 8.08. The number of rotatable bonds is 4. The Bertz CT molecular complexity index is 1510. The lowest BCUT2D eigenvalue weighted by Gasteiger charge is -2.39.